The minimum Gasteiger partial charge on any atom is -0.353 e. The first-order valence-electron chi connectivity index (χ1n) is 9.47. The van der Waals surface area contributed by atoms with Crippen LogP contribution in [-0.2, 0) is 14.3 Å². The molecule has 0 N–H and O–H groups in total. The summed E-state index contributed by atoms with van der Waals surface area (Å²) < 4.78 is 11.5. The molecule has 0 aliphatic heterocycles. The Kier molecular flexibility index (Phi) is 16.7. The van der Waals surface area contributed by atoms with Crippen LogP contribution in [0.4, 0.5) is 0 Å². The van der Waals surface area contributed by atoms with Gasteiger partial charge in [-0.2, -0.15) is 0 Å². The zero-order chi connectivity index (χ0) is 17.3. The van der Waals surface area contributed by atoms with Gasteiger partial charge in [0.1, 0.15) is 0 Å². The zero-order valence-electron chi connectivity index (χ0n) is 15.8. The summed E-state index contributed by atoms with van der Waals surface area (Å²) >= 11 is 1.32. The minimum absolute atomic E-state index is 0.147. The van der Waals surface area contributed by atoms with Gasteiger partial charge in [0.2, 0.25) is 0 Å². The highest BCUT2D eigenvalue weighted by Crippen LogP contribution is 2.18. The lowest BCUT2D eigenvalue weighted by molar-refractivity contribution is -0.160. The van der Waals surface area contributed by atoms with Gasteiger partial charge in [0.05, 0.1) is 6.10 Å². The second-order valence-electron chi connectivity index (χ2n) is 6.16. The second-order valence-corrected chi connectivity index (χ2v) is 7.02. The van der Waals surface area contributed by atoms with E-state index >= 15 is 0 Å². The number of hydrogen-bond acceptors (Lipinski definition) is 4. The van der Waals surface area contributed by atoms with Crippen molar-refractivity contribution in [3.05, 3.63) is 0 Å². The molecule has 2 atom stereocenters. The van der Waals surface area contributed by atoms with Crippen LogP contribution >= 0.6 is 11.8 Å². The normalized spacial score (nSPS) is 13.9. The molecule has 2 unspecified atom stereocenters. The number of carbonyl (C=O) groups excluding carboxylic acids is 1. The molecular weight excluding hydrogens is 308 g/mol. The molecule has 0 spiro atoms. The Bertz CT molecular complexity index is 271. The number of carbonyl (C=O) groups is 1. The maximum Gasteiger partial charge on any atom is 0.188 e. The van der Waals surface area contributed by atoms with Crippen LogP contribution in [0.25, 0.3) is 0 Å². The van der Waals surface area contributed by atoms with Gasteiger partial charge < -0.3 is 9.47 Å². The summed E-state index contributed by atoms with van der Waals surface area (Å²) in [6.07, 6.45) is 14.8. The van der Waals surface area contributed by atoms with Gasteiger partial charge in [-0.15, -0.1) is 0 Å². The van der Waals surface area contributed by atoms with E-state index in [0.717, 1.165) is 19.3 Å². The molecule has 0 aliphatic carbocycles. The largest absolute Gasteiger partial charge is 0.353 e. The standard InChI is InChI=1S/C19H38O3S/c1-5-7-8-9-10-11-12-14-18(22-17(3)21-6-2)15-13-16-19(20)23-4/h17-18H,5-16H2,1-4H3. The van der Waals surface area contributed by atoms with Crippen molar-refractivity contribution < 1.29 is 14.3 Å². The highest BCUT2D eigenvalue weighted by molar-refractivity contribution is 8.13. The van der Waals surface area contributed by atoms with Gasteiger partial charge in [-0.25, -0.2) is 0 Å². The third-order valence-electron chi connectivity index (χ3n) is 4.05. The summed E-state index contributed by atoms with van der Waals surface area (Å²) in [6, 6.07) is 0. The Labute approximate surface area is 148 Å². The van der Waals surface area contributed by atoms with E-state index in [1.807, 2.05) is 20.1 Å². The monoisotopic (exact) mass is 346 g/mol. The van der Waals surface area contributed by atoms with Crippen molar-refractivity contribution in [1.82, 2.24) is 0 Å². The van der Waals surface area contributed by atoms with Gasteiger partial charge in [-0.3, -0.25) is 4.79 Å². The molecule has 23 heavy (non-hydrogen) atoms. The molecule has 138 valence electrons. The molecule has 0 aromatic heterocycles. The summed E-state index contributed by atoms with van der Waals surface area (Å²) in [5.74, 6) is 0. The van der Waals surface area contributed by atoms with Gasteiger partial charge in [0.25, 0.3) is 0 Å². The number of thioether (sulfide) groups is 1. The fraction of sp³-hybridized carbons (Fsp3) is 0.947. The van der Waals surface area contributed by atoms with Crippen molar-refractivity contribution in [3.63, 3.8) is 0 Å². The predicted octanol–water partition coefficient (Wildman–Crippen LogP) is 5.95. The van der Waals surface area contributed by atoms with E-state index in [2.05, 4.69) is 6.92 Å². The minimum atomic E-state index is -0.147. The van der Waals surface area contributed by atoms with Gasteiger partial charge in [-0.1, -0.05) is 63.6 Å². The van der Waals surface area contributed by atoms with E-state index in [-0.39, 0.29) is 17.5 Å². The van der Waals surface area contributed by atoms with Crippen LogP contribution in [0.1, 0.15) is 91.4 Å². The predicted molar refractivity (Wildman–Crippen MR) is 101 cm³/mol. The van der Waals surface area contributed by atoms with Gasteiger partial charge in [-0.05, 0) is 39.4 Å². The van der Waals surface area contributed by atoms with Crippen molar-refractivity contribution in [2.75, 3.05) is 12.9 Å². The molecule has 0 heterocycles. The van der Waals surface area contributed by atoms with Gasteiger partial charge in [0, 0.05) is 13.0 Å². The average Bonchev–Trinajstić information content (AvgIpc) is 2.53. The molecule has 0 saturated carbocycles. The molecule has 3 nitrogen and oxygen atoms in total. The van der Waals surface area contributed by atoms with Crippen LogP contribution in [0, 0.1) is 0 Å². The third kappa shape index (κ3) is 15.2. The topological polar surface area (TPSA) is 35.5 Å². The van der Waals surface area contributed by atoms with Crippen molar-refractivity contribution in [1.29, 1.82) is 0 Å². The molecule has 0 rings (SSSR count). The quantitative estimate of drug-likeness (QED) is 0.255. The second kappa shape index (κ2) is 16.8. The lowest BCUT2D eigenvalue weighted by Gasteiger charge is -2.22. The summed E-state index contributed by atoms with van der Waals surface area (Å²) in [7, 11) is 0. The number of ether oxygens (including phenoxy) is 2. The summed E-state index contributed by atoms with van der Waals surface area (Å²) in [5.41, 5.74) is 0. The van der Waals surface area contributed by atoms with E-state index in [1.54, 1.807) is 0 Å². The van der Waals surface area contributed by atoms with E-state index in [9.17, 15) is 4.79 Å². The first kappa shape index (κ1) is 22.9. The summed E-state index contributed by atoms with van der Waals surface area (Å²) in [4.78, 5) is 11.4. The smallest absolute Gasteiger partial charge is 0.188 e. The summed E-state index contributed by atoms with van der Waals surface area (Å²) in [5, 5.41) is 0.275. The zero-order valence-corrected chi connectivity index (χ0v) is 16.6. The Morgan fingerprint density at radius 2 is 1.57 bits per heavy atom. The third-order valence-corrected chi connectivity index (χ3v) is 4.71. The number of hydrogen-bond donors (Lipinski definition) is 0. The maximum atomic E-state index is 11.4. The van der Waals surface area contributed by atoms with Crippen molar-refractivity contribution in [3.8, 4) is 0 Å². The van der Waals surface area contributed by atoms with Crippen LogP contribution in [0.5, 0.6) is 0 Å². The fourth-order valence-electron chi connectivity index (χ4n) is 2.73. The number of rotatable bonds is 16. The molecule has 0 bridgehead atoms. The molecule has 0 aliphatic rings. The van der Waals surface area contributed by atoms with Crippen LogP contribution in [-0.4, -0.2) is 30.4 Å². The highest BCUT2D eigenvalue weighted by atomic mass is 32.2. The molecule has 4 heteroatoms. The Hall–Kier alpha value is -0.0600. The Morgan fingerprint density at radius 3 is 2.17 bits per heavy atom. The molecule has 0 fully saturated rings. The van der Waals surface area contributed by atoms with E-state index < -0.39 is 0 Å². The Balaban J connectivity index is 3.93. The van der Waals surface area contributed by atoms with E-state index in [0.29, 0.717) is 13.0 Å². The SMILES string of the molecule is CCCCCCCCCC(CCCC(=O)SC)OC(C)OCC. The Morgan fingerprint density at radius 1 is 0.957 bits per heavy atom. The molecule has 0 radical (unpaired) electrons. The molecular formula is C19H38O3S. The number of unbranched alkanes of at least 4 members (excludes halogenated alkanes) is 6. The van der Waals surface area contributed by atoms with Crippen LogP contribution in [0.2, 0.25) is 0 Å². The van der Waals surface area contributed by atoms with Gasteiger partial charge in [0.15, 0.2) is 11.4 Å². The average molecular weight is 347 g/mol. The maximum absolute atomic E-state index is 11.4. The molecule has 0 saturated heterocycles. The lowest BCUT2D eigenvalue weighted by atomic mass is 10.0. The molecule has 0 aromatic rings. The van der Waals surface area contributed by atoms with Crippen molar-refractivity contribution >= 4 is 16.9 Å². The van der Waals surface area contributed by atoms with Crippen molar-refractivity contribution in [2.24, 2.45) is 0 Å². The molecule has 0 aromatic carbocycles. The first-order valence-corrected chi connectivity index (χ1v) is 10.7. The van der Waals surface area contributed by atoms with Crippen LogP contribution in [0.3, 0.4) is 0 Å². The highest BCUT2D eigenvalue weighted by Gasteiger charge is 2.14. The van der Waals surface area contributed by atoms with E-state index in [1.165, 1.54) is 56.7 Å². The fourth-order valence-corrected chi connectivity index (χ4v) is 3.08. The van der Waals surface area contributed by atoms with Crippen LogP contribution < -0.4 is 0 Å². The van der Waals surface area contributed by atoms with Crippen molar-refractivity contribution in [2.45, 2.75) is 104 Å². The first-order chi connectivity index (χ1) is 11.1. The molecule has 0 amide bonds. The van der Waals surface area contributed by atoms with E-state index in [4.69, 9.17) is 9.47 Å². The van der Waals surface area contributed by atoms with Crippen LogP contribution in [0.15, 0.2) is 0 Å². The summed E-state index contributed by atoms with van der Waals surface area (Å²) in [6.45, 7) is 6.89. The lowest BCUT2D eigenvalue weighted by Crippen LogP contribution is -2.22. The van der Waals surface area contributed by atoms with Gasteiger partial charge >= 0.3 is 0 Å².